The van der Waals surface area contributed by atoms with Crippen LogP contribution in [-0.4, -0.2) is 52.0 Å². The van der Waals surface area contributed by atoms with Crippen LogP contribution in [0.3, 0.4) is 0 Å². The van der Waals surface area contributed by atoms with Gasteiger partial charge >= 0.3 is 0 Å². The van der Waals surface area contributed by atoms with Crippen molar-refractivity contribution in [3.05, 3.63) is 71.4 Å². The summed E-state index contributed by atoms with van der Waals surface area (Å²) < 4.78 is 5.89. The molecule has 2 aromatic carbocycles. The van der Waals surface area contributed by atoms with Gasteiger partial charge < -0.3 is 9.84 Å². The summed E-state index contributed by atoms with van der Waals surface area (Å²) >= 11 is 0. The Morgan fingerprint density at radius 1 is 1.16 bits per heavy atom. The van der Waals surface area contributed by atoms with Crippen molar-refractivity contribution in [1.82, 2.24) is 14.9 Å². The van der Waals surface area contributed by atoms with Crippen LogP contribution in [0.25, 0.3) is 11.4 Å². The Morgan fingerprint density at radius 2 is 2.03 bits per heavy atom. The molecule has 158 valence electrons. The van der Waals surface area contributed by atoms with Gasteiger partial charge in [-0.25, -0.2) is 15.0 Å². The van der Waals surface area contributed by atoms with Crippen LogP contribution in [0.2, 0.25) is 0 Å². The van der Waals surface area contributed by atoms with E-state index in [0.717, 1.165) is 36.5 Å². The van der Waals surface area contributed by atoms with Crippen molar-refractivity contribution >= 4 is 12.0 Å². The quantitative estimate of drug-likeness (QED) is 0.665. The molecule has 3 aromatic rings. The monoisotopic (exact) mass is 414 g/mol. The highest BCUT2D eigenvalue weighted by atomic mass is 16.5. The van der Waals surface area contributed by atoms with Crippen molar-refractivity contribution < 1.29 is 9.84 Å². The smallest absolute Gasteiger partial charge is 0.161 e. The second-order valence-electron chi connectivity index (χ2n) is 8.29. The molecule has 2 unspecified atom stereocenters. The first-order chi connectivity index (χ1) is 15.2. The zero-order chi connectivity index (χ0) is 21.2. The Labute approximate surface area is 182 Å². The lowest BCUT2D eigenvalue weighted by Gasteiger charge is -2.30. The number of aromatic nitrogens is 2. The van der Waals surface area contributed by atoms with Crippen molar-refractivity contribution in [3.8, 4) is 17.1 Å². The first-order valence-electron chi connectivity index (χ1n) is 10.8. The van der Waals surface area contributed by atoms with Gasteiger partial charge in [-0.1, -0.05) is 43.3 Å². The van der Waals surface area contributed by atoms with Crippen molar-refractivity contribution in [2.75, 3.05) is 19.7 Å². The summed E-state index contributed by atoms with van der Waals surface area (Å²) in [5.41, 5.74) is 4.69. The molecule has 2 aliphatic heterocycles. The maximum absolute atomic E-state index is 10.5. The third-order valence-corrected chi connectivity index (χ3v) is 5.92. The van der Waals surface area contributed by atoms with Gasteiger partial charge in [0, 0.05) is 49.1 Å². The van der Waals surface area contributed by atoms with Crippen LogP contribution in [0, 0.1) is 0 Å². The Hall–Kier alpha value is -3.09. The molecule has 0 amide bonds. The Bertz CT molecular complexity index is 1110. The van der Waals surface area contributed by atoms with Gasteiger partial charge in [-0.3, -0.25) is 4.90 Å². The number of benzene rings is 2. The number of fused-ring (bicyclic) bond motifs is 2. The second-order valence-corrected chi connectivity index (χ2v) is 8.29. The SMILES string of the molecule is CC1C=Nc2nc(-c3cccc(OCC(O)CN4CCc5ccccc5C4)c3)ncc21. The summed E-state index contributed by atoms with van der Waals surface area (Å²) in [6.07, 6.45) is 4.21. The average molecular weight is 415 g/mol. The van der Waals surface area contributed by atoms with Gasteiger partial charge in [0.1, 0.15) is 18.5 Å². The fourth-order valence-electron chi connectivity index (χ4n) is 4.19. The van der Waals surface area contributed by atoms with Gasteiger partial charge in [-0.2, -0.15) is 0 Å². The lowest BCUT2D eigenvalue weighted by Crippen LogP contribution is -2.38. The largest absolute Gasteiger partial charge is 0.491 e. The molecule has 3 heterocycles. The highest BCUT2D eigenvalue weighted by molar-refractivity contribution is 5.79. The van der Waals surface area contributed by atoms with Crippen LogP contribution in [0.4, 0.5) is 5.82 Å². The van der Waals surface area contributed by atoms with Crippen LogP contribution in [0.15, 0.2) is 59.7 Å². The third-order valence-electron chi connectivity index (χ3n) is 5.92. The summed E-state index contributed by atoms with van der Waals surface area (Å²) in [4.78, 5) is 15.7. The Kier molecular flexibility index (Phi) is 5.49. The minimum absolute atomic E-state index is 0.244. The molecule has 0 fully saturated rings. The molecule has 5 rings (SSSR count). The third kappa shape index (κ3) is 4.36. The van der Waals surface area contributed by atoms with E-state index in [1.54, 1.807) is 0 Å². The number of aliphatic imine (C=N–C) groups is 1. The maximum Gasteiger partial charge on any atom is 0.161 e. The summed E-state index contributed by atoms with van der Waals surface area (Å²) in [5.74, 6) is 2.32. The predicted octanol–water partition coefficient (Wildman–Crippen LogP) is 3.76. The molecule has 0 saturated heterocycles. The number of β-amino-alcohol motifs (C(OH)–C–C–N with tert-alkyl or cyclic N) is 1. The van der Waals surface area contributed by atoms with Gasteiger partial charge in [-0.05, 0) is 29.7 Å². The molecule has 1 N–H and O–H groups in total. The molecule has 0 aliphatic carbocycles. The van der Waals surface area contributed by atoms with Crippen molar-refractivity contribution in [2.24, 2.45) is 4.99 Å². The molecule has 0 spiro atoms. The van der Waals surface area contributed by atoms with Gasteiger partial charge in [0.25, 0.3) is 0 Å². The summed E-state index contributed by atoms with van der Waals surface area (Å²) in [6.45, 7) is 4.76. The first-order valence-corrected chi connectivity index (χ1v) is 10.8. The molecule has 1 aromatic heterocycles. The maximum atomic E-state index is 10.5. The van der Waals surface area contributed by atoms with E-state index in [2.05, 4.69) is 51.0 Å². The van der Waals surface area contributed by atoms with E-state index in [1.165, 1.54) is 11.1 Å². The van der Waals surface area contributed by atoms with Gasteiger partial charge in [0.2, 0.25) is 0 Å². The number of ether oxygens (including phenoxy) is 1. The van der Waals surface area contributed by atoms with Crippen LogP contribution < -0.4 is 4.74 Å². The number of aliphatic hydroxyl groups excluding tert-OH is 1. The van der Waals surface area contributed by atoms with Gasteiger partial charge in [-0.15, -0.1) is 0 Å². The molecule has 0 bridgehead atoms. The zero-order valence-electron chi connectivity index (χ0n) is 17.6. The summed E-state index contributed by atoms with van der Waals surface area (Å²) in [6, 6.07) is 16.2. The molecule has 2 atom stereocenters. The topological polar surface area (TPSA) is 70.8 Å². The second kappa shape index (κ2) is 8.57. The van der Waals surface area contributed by atoms with Gasteiger partial charge in [0.15, 0.2) is 11.6 Å². The van der Waals surface area contributed by atoms with Crippen LogP contribution in [0.1, 0.15) is 29.5 Å². The molecule has 6 nitrogen and oxygen atoms in total. The molecule has 2 aliphatic rings. The first kappa shape index (κ1) is 19.8. The van der Waals surface area contributed by atoms with E-state index in [1.807, 2.05) is 36.7 Å². The number of aliphatic hydroxyl groups is 1. The predicted molar refractivity (Wildman–Crippen MR) is 121 cm³/mol. The fourth-order valence-corrected chi connectivity index (χ4v) is 4.19. The van der Waals surface area contributed by atoms with E-state index in [9.17, 15) is 5.11 Å². The minimum Gasteiger partial charge on any atom is -0.491 e. The molecule has 31 heavy (non-hydrogen) atoms. The normalized spacial score (nSPS) is 18.5. The van der Waals surface area contributed by atoms with E-state index in [0.29, 0.717) is 18.1 Å². The standard InChI is InChI=1S/C25H26N4O2/c1-17-12-26-25-23(17)13-27-24(28-25)19-7-4-8-22(11-19)31-16-21(30)15-29-10-9-18-5-2-3-6-20(18)14-29/h2-8,11-13,17,21,30H,9-10,14-16H2,1H3. The number of hydrogen-bond acceptors (Lipinski definition) is 6. The van der Waals surface area contributed by atoms with Gasteiger partial charge in [0.05, 0.1) is 0 Å². The van der Waals surface area contributed by atoms with Crippen LogP contribution in [0.5, 0.6) is 5.75 Å². The number of rotatable bonds is 6. The average Bonchev–Trinajstić information content (AvgIpc) is 3.18. The van der Waals surface area contributed by atoms with Crippen LogP contribution in [-0.2, 0) is 13.0 Å². The van der Waals surface area contributed by atoms with Crippen molar-refractivity contribution in [1.29, 1.82) is 0 Å². The minimum atomic E-state index is -0.555. The highest BCUT2D eigenvalue weighted by Gasteiger charge is 2.19. The van der Waals surface area contributed by atoms with E-state index >= 15 is 0 Å². The fraction of sp³-hybridized carbons (Fsp3) is 0.320. The van der Waals surface area contributed by atoms with E-state index in [4.69, 9.17) is 4.74 Å². The Balaban J connectivity index is 1.19. The molecule has 0 radical (unpaired) electrons. The number of nitrogens with zero attached hydrogens (tertiary/aromatic N) is 4. The van der Waals surface area contributed by atoms with E-state index in [-0.39, 0.29) is 12.5 Å². The molecular weight excluding hydrogens is 388 g/mol. The van der Waals surface area contributed by atoms with Crippen molar-refractivity contribution in [2.45, 2.75) is 31.9 Å². The lowest BCUT2D eigenvalue weighted by molar-refractivity contribution is 0.0638. The van der Waals surface area contributed by atoms with Crippen LogP contribution >= 0.6 is 0 Å². The highest BCUT2D eigenvalue weighted by Crippen LogP contribution is 2.31. The Morgan fingerprint density at radius 3 is 2.94 bits per heavy atom. The van der Waals surface area contributed by atoms with Crippen molar-refractivity contribution in [3.63, 3.8) is 0 Å². The molecule has 0 saturated carbocycles. The zero-order valence-corrected chi connectivity index (χ0v) is 17.6. The lowest BCUT2D eigenvalue weighted by atomic mass is 10.00. The summed E-state index contributed by atoms with van der Waals surface area (Å²) in [5, 5.41) is 10.5. The summed E-state index contributed by atoms with van der Waals surface area (Å²) in [7, 11) is 0. The molecule has 6 heteroatoms. The molecular formula is C25H26N4O2. The number of hydrogen-bond donors (Lipinski definition) is 1. The van der Waals surface area contributed by atoms with E-state index < -0.39 is 6.10 Å².